The van der Waals surface area contributed by atoms with E-state index in [0.29, 0.717) is 29.4 Å². The number of rotatable bonds is 13. The van der Waals surface area contributed by atoms with Gasteiger partial charge in [0.1, 0.15) is 29.8 Å². The van der Waals surface area contributed by atoms with E-state index in [9.17, 15) is 18.0 Å². The lowest BCUT2D eigenvalue weighted by molar-refractivity contribution is -0.140. The van der Waals surface area contributed by atoms with Crippen LogP contribution in [0.4, 0.5) is 5.69 Å². The molecule has 43 heavy (non-hydrogen) atoms. The van der Waals surface area contributed by atoms with Crippen LogP contribution in [-0.2, 0) is 26.2 Å². The SMILES string of the molecule is CCC(C(=O)NC1CCCCC1)N(Cc1ccc(OC)cc1)C(=O)CN(c1ccc(Oc2ccccc2)cc1)S(C)(=O)=O. The smallest absolute Gasteiger partial charge is 0.244 e. The molecule has 1 unspecified atom stereocenters. The second-order valence-electron chi connectivity index (χ2n) is 10.8. The summed E-state index contributed by atoms with van der Waals surface area (Å²) in [5.74, 6) is 1.16. The predicted molar refractivity (Wildman–Crippen MR) is 168 cm³/mol. The molecule has 0 spiro atoms. The predicted octanol–water partition coefficient (Wildman–Crippen LogP) is 5.51. The molecule has 0 saturated heterocycles. The van der Waals surface area contributed by atoms with Crippen LogP contribution in [0, 0.1) is 0 Å². The van der Waals surface area contributed by atoms with Gasteiger partial charge in [-0.2, -0.15) is 0 Å². The Morgan fingerprint density at radius 3 is 2.07 bits per heavy atom. The Bertz CT molecular complexity index is 1440. The van der Waals surface area contributed by atoms with Crippen molar-refractivity contribution >= 4 is 27.5 Å². The topological polar surface area (TPSA) is 105 Å². The van der Waals surface area contributed by atoms with Crippen LogP contribution in [0.1, 0.15) is 51.0 Å². The van der Waals surface area contributed by atoms with E-state index in [1.165, 1.54) is 4.90 Å². The average molecular weight is 608 g/mol. The van der Waals surface area contributed by atoms with Crippen LogP contribution < -0.4 is 19.1 Å². The summed E-state index contributed by atoms with van der Waals surface area (Å²) in [5, 5.41) is 3.15. The van der Waals surface area contributed by atoms with E-state index in [0.717, 1.165) is 48.2 Å². The largest absolute Gasteiger partial charge is 0.497 e. The lowest BCUT2D eigenvalue weighted by atomic mass is 9.95. The first kappa shape index (κ1) is 31.9. The van der Waals surface area contributed by atoms with Crippen LogP contribution in [0.25, 0.3) is 0 Å². The van der Waals surface area contributed by atoms with Crippen molar-refractivity contribution in [3.05, 3.63) is 84.4 Å². The van der Waals surface area contributed by atoms with E-state index in [2.05, 4.69) is 5.32 Å². The highest BCUT2D eigenvalue weighted by atomic mass is 32.2. The number of carbonyl (C=O) groups is 2. The monoisotopic (exact) mass is 607 g/mol. The highest BCUT2D eigenvalue weighted by Crippen LogP contribution is 2.26. The van der Waals surface area contributed by atoms with Gasteiger partial charge >= 0.3 is 0 Å². The van der Waals surface area contributed by atoms with Gasteiger partial charge in [0.2, 0.25) is 21.8 Å². The Hall–Kier alpha value is -4.05. The van der Waals surface area contributed by atoms with Crippen LogP contribution >= 0.6 is 0 Å². The van der Waals surface area contributed by atoms with Gasteiger partial charge in [-0.1, -0.05) is 56.5 Å². The van der Waals surface area contributed by atoms with E-state index in [1.54, 1.807) is 43.5 Å². The summed E-state index contributed by atoms with van der Waals surface area (Å²) in [7, 11) is -2.27. The highest BCUT2D eigenvalue weighted by Gasteiger charge is 2.32. The molecule has 3 aromatic carbocycles. The van der Waals surface area contributed by atoms with E-state index in [1.807, 2.05) is 49.4 Å². The second kappa shape index (κ2) is 14.9. The van der Waals surface area contributed by atoms with Gasteiger partial charge < -0.3 is 19.7 Å². The average Bonchev–Trinajstić information content (AvgIpc) is 3.01. The minimum atomic E-state index is -3.85. The lowest BCUT2D eigenvalue weighted by Crippen LogP contribution is -2.53. The van der Waals surface area contributed by atoms with E-state index >= 15 is 0 Å². The van der Waals surface area contributed by atoms with Crippen molar-refractivity contribution in [1.29, 1.82) is 0 Å². The third-order valence-corrected chi connectivity index (χ3v) is 8.77. The molecule has 0 heterocycles. The summed E-state index contributed by atoms with van der Waals surface area (Å²) < 4.78 is 38.1. The van der Waals surface area contributed by atoms with Crippen molar-refractivity contribution in [3.63, 3.8) is 0 Å². The summed E-state index contributed by atoms with van der Waals surface area (Å²) in [6, 6.07) is 22.4. The number of nitrogens with one attached hydrogen (secondary N) is 1. The number of carbonyl (C=O) groups excluding carboxylic acids is 2. The molecule has 0 radical (unpaired) electrons. The van der Waals surface area contributed by atoms with Gasteiger partial charge in [-0.25, -0.2) is 8.42 Å². The fourth-order valence-corrected chi connectivity index (χ4v) is 6.16. The number of hydrogen-bond donors (Lipinski definition) is 1. The maximum atomic E-state index is 14.0. The summed E-state index contributed by atoms with van der Waals surface area (Å²) >= 11 is 0. The molecule has 1 aliphatic rings. The standard InChI is InChI=1S/C33H41N3O6S/c1-4-31(33(38)34-26-11-7-5-8-12-26)35(23-25-15-19-28(41-2)20-16-25)32(37)24-36(43(3,39)40)27-17-21-30(22-18-27)42-29-13-9-6-10-14-29/h6,9-10,13-22,26,31H,4-5,7-8,11-12,23-24H2,1-3H3,(H,34,38). The zero-order chi connectivity index (χ0) is 30.8. The number of methoxy groups -OCH3 is 1. The van der Waals surface area contributed by atoms with Crippen LogP contribution in [-0.4, -0.2) is 57.1 Å². The number of anilines is 1. The molecule has 1 atom stereocenters. The summed E-state index contributed by atoms with van der Waals surface area (Å²) in [6.07, 6.45) is 6.57. The van der Waals surface area contributed by atoms with Gasteiger partial charge in [0, 0.05) is 12.6 Å². The van der Waals surface area contributed by atoms with Gasteiger partial charge in [0.15, 0.2) is 0 Å². The highest BCUT2D eigenvalue weighted by molar-refractivity contribution is 7.92. The molecule has 0 aromatic heterocycles. The molecule has 1 N–H and O–H groups in total. The van der Waals surface area contributed by atoms with Crippen molar-refractivity contribution in [2.75, 3.05) is 24.2 Å². The van der Waals surface area contributed by atoms with Crippen molar-refractivity contribution in [2.45, 2.75) is 64.1 Å². The number of amides is 2. The van der Waals surface area contributed by atoms with Crippen LogP contribution in [0.3, 0.4) is 0 Å². The molecule has 1 fully saturated rings. The minimum absolute atomic E-state index is 0.0809. The third-order valence-electron chi connectivity index (χ3n) is 7.63. The molecule has 1 saturated carbocycles. The van der Waals surface area contributed by atoms with Crippen LogP contribution in [0.15, 0.2) is 78.9 Å². The molecule has 1 aliphatic carbocycles. The quantitative estimate of drug-likeness (QED) is 0.275. The Morgan fingerprint density at radius 2 is 1.49 bits per heavy atom. The lowest BCUT2D eigenvalue weighted by Gasteiger charge is -2.34. The molecule has 230 valence electrons. The molecule has 0 aliphatic heterocycles. The van der Waals surface area contributed by atoms with Gasteiger partial charge in [-0.05, 0) is 73.4 Å². The number of benzene rings is 3. The number of ether oxygens (including phenoxy) is 2. The molecule has 0 bridgehead atoms. The van der Waals surface area contributed by atoms with E-state index < -0.39 is 28.5 Å². The first-order chi connectivity index (χ1) is 20.7. The fraction of sp³-hybridized carbons (Fsp3) is 0.394. The zero-order valence-electron chi connectivity index (χ0n) is 25.1. The Morgan fingerprint density at radius 1 is 0.884 bits per heavy atom. The second-order valence-corrected chi connectivity index (χ2v) is 12.7. The van der Waals surface area contributed by atoms with Crippen molar-refractivity contribution in [2.24, 2.45) is 0 Å². The Balaban J connectivity index is 1.58. The number of sulfonamides is 1. The summed E-state index contributed by atoms with van der Waals surface area (Å²) in [4.78, 5) is 29.0. The first-order valence-electron chi connectivity index (χ1n) is 14.7. The molecule has 10 heteroatoms. The number of nitrogens with zero attached hydrogens (tertiary/aromatic N) is 2. The fourth-order valence-electron chi connectivity index (χ4n) is 5.31. The number of para-hydroxylation sites is 1. The molecule has 4 rings (SSSR count). The molecular weight excluding hydrogens is 566 g/mol. The van der Waals surface area contributed by atoms with Gasteiger partial charge in [-0.15, -0.1) is 0 Å². The van der Waals surface area contributed by atoms with E-state index in [4.69, 9.17) is 9.47 Å². The first-order valence-corrected chi connectivity index (χ1v) is 16.6. The maximum Gasteiger partial charge on any atom is 0.244 e. The van der Waals surface area contributed by atoms with E-state index in [-0.39, 0.29) is 18.5 Å². The molecular formula is C33H41N3O6S. The maximum absolute atomic E-state index is 14.0. The number of hydrogen-bond acceptors (Lipinski definition) is 6. The molecule has 2 amide bonds. The zero-order valence-corrected chi connectivity index (χ0v) is 25.9. The third kappa shape index (κ3) is 8.97. The molecule has 3 aromatic rings. The van der Waals surface area contributed by atoms with Gasteiger partial charge in [0.05, 0.1) is 19.1 Å². The Labute approximate surface area is 254 Å². The van der Waals surface area contributed by atoms with Gasteiger partial charge in [-0.3, -0.25) is 13.9 Å². The summed E-state index contributed by atoms with van der Waals surface area (Å²) in [5.41, 5.74) is 1.12. The van der Waals surface area contributed by atoms with Crippen LogP contribution in [0.5, 0.6) is 17.2 Å². The van der Waals surface area contributed by atoms with Crippen molar-refractivity contribution < 1.29 is 27.5 Å². The summed E-state index contributed by atoms with van der Waals surface area (Å²) in [6.45, 7) is 1.54. The van der Waals surface area contributed by atoms with Gasteiger partial charge in [0.25, 0.3) is 0 Å². The van der Waals surface area contributed by atoms with Crippen LogP contribution in [0.2, 0.25) is 0 Å². The Kier molecular flexibility index (Phi) is 11.1. The minimum Gasteiger partial charge on any atom is -0.497 e. The molecule has 9 nitrogen and oxygen atoms in total. The van der Waals surface area contributed by atoms with Crippen molar-refractivity contribution in [1.82, 2.24) is 10.2 Å². The van der Waals surface area contributed by atoms with Crippen molar-refractivity contribution in [3.8, 4) is 17.2 Å². The normalized spacial score (nSPS) is 14.4.